The second-order valence-corrected chi connectivity index (χ2v) is 6.86. The predicted molar refractivity (Wildman–Crippen MR) is 124 cm³/mol. The van der Waals surface area contributed by atoms with Crippen LogP contribution in [0.5, 0.6) is 23.0 Å². The lowest BCUT2D eigenvalue weighted by Crippen LogP contribution is -1.89. The number of hydrogen-bond acceptors (Lipinski definition) is 4. The molecule has 4 aromatic carbocycles. The molecule has 0 aliphatic rings. The van der Waals surface area contributed by atoms with Crippen LogP contribution in [0.1, 0.15) is 17.5 Å². The minimum atomic E-state index is 0.169. The molecule has 0 bridgehead atoms. The van der Waals surface area contributed by atoms with Gasteiger partial charge in [0.1, 0.15) is 23.0 Å². The van der Waals surface area contributed by atoms with E-state index in [1.807, 2.05) is 0 Å². The summed E-state index contributed by atoms with van der Waals surface area (Å²) in [6.45, 7) is 0. The number of hydrogen-bond donors (Lipinski definition) is 4. The van der Waals surface area contributed by atoms with E-state index in [-0.39, 0.29) is 23.0 Å². The second-order valence-electron chi connectivity index (χ2n) is 6.86. The highest BCUT2D eigenvalue weighted by Gasteiger charge is 1.93. The molecule has 0 amide bonds. The van der Waals surface area contributed by atoms with Crippen LogP contribution in [-0.2, 0) is 12.8 Å². The third-order valence-corrected chi connectivity index (χ3v) is 4.32. The van der Waals surface area contributed by atoms with E-state index in [0.717, 1.165) is 0 Å². The summed E-state index contributed by atoms with van der Waals surface area (Å²) < 4.78 is 0. The van der Waals surface area contributed by atoms with Crippen molar-refractivity contribution in [3.05, 3.63) is 120 Å². The van der Waals surface area contributed by atoms with Crippen LogP contribution in [0.25, 0.3) is 0 Å². The van der Waals surface area contributed by atoms with Crippen molar-refractivity contribution in [2.75, 3.05) is 0 Å². The van der Waals surface area contributed by atoms with Gasteiger partial charge in [0.15, 0.2) is 0 Å². The molecule has 160 valence electrons. The highest BCUT2D eigenvalue weighted by Crippen LogP contribution is 2.14. The Hall–Kier alpha value is -3.92. The summed E-state index contributed by atoms with van der Waals surface area (Å²) in [7, 11) is 0. The van der Waals surface area contributed by atoms with Gasteiger partial charge < -0.3 is 20.4 Å². The summed E-state index contributed by atoms with van der Waals surface area (Å²) in [5, 5.41) is 34.6. The quantitative estimate of drug-likeness (QED) is 0.305. The minimum Gasteiger partial charge on any atom is -0.508 e. The highest BCUT2D eigenvalue weighted by atomic mass is 16.3. The molecule has 4 aromatic rings. The standard InChI is InChI=1S/C15H16.2C6H6O2/c1-3-8-14(9-4-1)12-7-13-15-10-5-2-6-11-15;2*7-5-1-2-6(8)4-3-5/h1-6,8-11H,7,12-13H2;2*1-4,7-8H. The van der Waals surface area contributed by atoms with Gasteiger partial charge in [-0.2, -0.15) is 0 Å². The van der Waals surface area contributed by atoms with Crippen molar-refractivity contribution < 1.29 is 20.4 Å². The van der Waals surface area contributed by atoms with E-state index in [0.29, 0.717) is 0 Å². The van der Waals surface area contributed by atoms with Crippen molar-refractivity contribution in [1.29, 1.82) is 0 Å². The minimum absolute atomic E-state index is 0.169. The van der Waals surface area contributed by atoms with Gasteiger partial charge in [-0.05, 0) is 78.9 Å². The van der Waals surface area contributed by atoms with Gasteiger partial charge in [0.25, 0.3) is 0 Å². The van der Waals surface area contributed by atoms with Crippen molar-refractivity contribution in [3.8, 4) is 23.0 Å². The average Bonchev–Trinajstić information content (AvgIpc) is 2.80. The van der Waals surface area contributed by atoms with Crippen LogP contribution in [0.2, 0.25) is 0 Å². The first-order chi connectivity index (χ1) is 15.0. The molecule has 0 atom stereocenters. The molecular formula is C27H28O4. The topological polar surface area (TPSA) is 80.9 Å². The Morgan fingerprint density at radius 1 is 0.355 bits per heavy atom. The first kappa shape index (κ1) is 23.4. The predicted octanol–water partition coefficient (Wildman–Crippen LogP) is 6.06. The summed E-state index contributed by atoms with van der Waals surface area (Å²) in [5.74, 6) is 0.677. The molecule has 0 aliphatic heterocycles. The van der Waals surface area contributed by atoms with E-state index in [4.69, 9.17) is 20.4 Å². The SMILES string of the molecule is Oc1ccc(O)cc1.Oc1ccc(O)cc1.c1ccc(CCCc2ccccc2)cc1. The Morgan fingerprint density at radius 3 is 0.871 bits per heavy atom. The van der Waals surface area contributed by atoms with E-state index in [2.05, 4.69) is 60.7 Å². The molecule has 0 fully saturated rings. The Bertz CT molecular complexity index is 842. The molecule has 0 unspecified atom stereocenters. The zero-order valence-corrected chi connectivity index (χ0v) is 17.3. The van der Waals surface area contributed by atoms with Crippen molar-refractivity contribution in [3.63, 3.8) is 0 Å². The van der Waals surface area contributed by atoms with Crippen molar-refractivity contribution in [2.45, 2.75) is 19.3 Å². The van der Waals surface area contributed by atoms with E-state index in [1.165, 1.54) is 78.9 Å². The van der Waals surface area contributed by atoms with Crippen molar-refractivity contribution >= 4 is 0 Å². The number of phenols is 4. The normalized spacial score (nSPS) is 9.55. The Labute approximate surface area is 183 Å². The third-order valence-electron chi connectivity index (χ3n) is 4.32. The van der Waals surface area contributed by atoms with E-state index in [9.17, 15) is 0 Å². The van der Waals surface area contributed by atoms with Gasteiger partial charge in [0, 0.05) is 0 Å². The molecule has 4 N–H and O–H groups in total. The van der Waals surface area contributed by atoms with Gasteiger partial charge in [0.2, 0.25) is 0 Å². The lowest BCUT2D eigenvalue weighted by molar-refractivity contribution is 0.460. The van der Waals surface area contributed by atoms with Crippen LogP contribution in [0.4, 0.5) is 0 Å². The summed E-state index contributed by atoms with van der Waals surface area (Å²) in [6, 6.07) is 32.8. The van der Waals surface area contributed by atoms with Crippen LogP contribution >= 0.6 is 0 Å². The molecule has 0 aliphatic carbocycles. The molecule has 0 heterocycles. The number of benzene rings is 4. The van der Waals surface area contributed by atoms with Gasteiger partial charge in [-0.15, -0.1) is 0 Å². The smallest absolute Gasteiger partial charge is 0.115 e. The zero-order valence-electron chi connectivity index (χ0n) is 17.3. The van der Waals surface area contributed by atoms with Crippen LogP contribution in [0, 0.1) is 0 Å². The molecule has 0 saturated heterocycles. The van der Waals surface area contributed by atoms with Crippen molar-refractivity contribution in [2.24, 2.45) is 0 Å². The fourth-order valence-corrected chi connectivity index (χ4v) is 2.69. The van der Waals surface area contributed by atoms with Crippen molar-refractivity contribution in [1.82, 2.24) is 0 Å². The first-order valence-electron chi connectivity index (χ1n) is 10.1. The second kappa shape index (κ2) is 13.3. The first-order valence-corrected chi connectivity index (χ1v) is 10.1. The Morgan fingerprint density at radius 2 is 0.613 bits per heavy atom. The summed E-state index contributed by atoms with van der Waals surface area (Å²) >= 11 is 0. The number of aryl methyl sites for hydroxylation is 2. The maximum Gasteiger partial charge on any atom is 0.115 e. The molecule has 4 rings (SSSR count). The molecule has 0 aromatic heterocycles. The maximum atomic E-state index is 8.65. The van der Waals surface area contributed by atoms with E-state index >= 15 is 0 Å². The van der Waals surface area contributed by atoms with Crippen LogP contribution in [0.3, 0.4) is 0 Å². The number of aromatic hydroxyl groups is 4. The maximum absolute atomic E-state index is 8.65. The molecule has 31 heavy (non-hydrogen) atoms. The molecule has 4 heteroatoms. The number of phenolic OH excluding ortho intramolecular Hbond substituents is 4. The molecule has 0 spiro atoms. The largest absolute Gasteiger partial charge is 0.508 e. The van der Waals surface area contributed by atoms with E-state index < -0.39 is 0 Å². The Kier molecular flexibility index (Phi) is 10.0. The van der Waals surface area contributed by atoms with E-state index in [1.54, 1.807) is 0 Å². The Balaban J connectivity index is 0.000000181. The summed E-state index contributed by atoms with van der Waals surface area (Å²) in [4.78, 5) is 0. The fraction of sp³-hybridized carbons (Fsp3) is 0.111. The monoisotopic (exact) mass is 416 g/mol. The van der Waals surface area contributed by atoms with Gasteiger partial charge in [-0.1, -0.05) is 60.7 Å². The van der Waals surface area contributed by atoms with Gasteiger partial charge >= 0.3 is 0 Å². The number of rotatable bonds is 4. The lowest BCUT2D eigenvalue weighted by Gasteiger charge is -2.01. The fourth-order valence-electron chi connectivity index (χ4n) is 2.69. The molecular weight excluding hydrogens is 388 g/mol. The molecule has 0 saturated carbocycles. The zero-order chi connectivity index (χ0) is 22.3. The highest BCUT2D eigenvalue weighted by molar-refractivity contribution is 5.29. The average molecular weight is 417 g/mol. The summed E-state index contributed by atoms with van der Waals surface area (Å²) in [5.41, 5.74) is 2.88. The molecule has 4 nitrogen and oxygen atoms in total. The lowest BCUT2D eigenvalue weighted by atomic mass is 10.0. The summed E-state index contributed by atoms with van der Waals surface area (Å²) in [6.07, 6.45) is 3.58. The van der Waals surface area contributed by atoms with Crippen LogP contribution in [-0.4, -0.2) is 20.4 Å². The third kappa shape index (κ3) is 10.4. The van der Waals surface area contributed by atoms with Crippen LogP contribution < -0.4 is 0 Å². The molecule has 0 radical (unpaired) electrons. The van der Waals surface area contributed by atoms with Gasteiger partial charge in [-0.3, -0.25) is 0 Å². The van der Waals surface area contributed by atoms with Gasteiger partial charge in [0.05, 0.1) is 0 Å². The van der Waals surface area contributed by atoms with Crippen LogP contribution in [0.15, 0.2) is 109 Å². The van der Waals surface area contributed by atoms with Gasteiger partial charge in [-0.25, -0.2) is 0 Å².